The van der Waals surface area contributed by atoms with Gasteiger partial charge in [0, 0.05) is 31.0 Å². The number of benzene rings is 3. The maximum atomic E-state index is 13.2. The Hall–Kier alpha value is -4.04. The number of para-hydroxylation sites is 1. The van der Waals surface area contributed by atoms with Gasteiger partial charge in [-0.05, 0) is 54.1 Å². The molecule has 3 aromatic rings. The van der Waals surface area contributed by atoms with Crippen LogP contribution in [-0.4, -0.2) is 31.6 Å². The Morgan fingerprint density at radius 2 is 1.78 bits per heavy atom. The van der Waals surface area contributed by atoms with Gasteiger partial charge in [0.2, 0.25) is 5.91 Å². The smallest absolute Gasteiger partial charge is 0.345 e. The number of hydrazine groups is 1. The summed E-state index contributed by atoms with van der Waals surface area (Å²) in [6, 6.07) is 24.1. The quantitative estimate of drug-likeness (QED) is 0.450. The molecule has 3 aromatic carbocycles. The van der Waals surface area contributed by atoms with E-state index < -0.39 is 0 Å². The lowest BCUT2D eigenvalue weighted by Crippen LogP contribution is -2.47. The minimum atomic E-state index is -0.334. The summed E-state index contributed by atoms with van der Waals surface area (Å²) in [6.07, 6.45) is 0. The highest BCUT2D eigenvalue weighted by atomic mass is 16.2. The van der Waals surface area contributed by atoms with Crippen molar-refractivity contribution in [2.75, 3.05) is 40.3 Å². The number of piperazine rings is 1. The van der Waals surface area contributed by atoms with Gasteiger partial charge in [0.1, 0.15) is 0 Å². The van der Waals surface area contributed by atoms with Crippen LogP contribution in [0.3, 0.4) is 0 Å². The van der Waals surface area contributed by atoms with Crippen molar-refractivity contribution in [1.29, 1.82) is 0 Å². The van der Waals surface area contributed by atoms with Gasteiger partial charge in [0.05, 0.1) is 17.9 Å². The number of nitrogens with one attached hydrogen (secondary N) is 3. The molecule has 3 amide bonds. The monoisotopic (exact) mass is 430 g/mol. The molecule has 4 rings (SSSR count). The highest BCUT2D eigenvalue weighted by Gasteiger charge is 2.18. The van der Waals surface area contributed by atoms with E-state index in [-0.39, 0.29) is 11.9 Å². The van der Waals surface area contributed by atoms with Gasteiger partial charge < -0.3 is 21.3 Å². The molecule has 8 nitrogen and oxygen atoms in total. The fourth-order valence-electron chi connectivity index (χ4n) is 3.50. The Kier molecular flexibility index (Phi) is 6.52. The summed E-state index contributed by atoms with van der Waals surface area (Å²) in [5.74, 6) is 0.0110. The molecule has 164 valence electrons. The molecule has 1 heterocycles. The lowest BCUT2D eigenvalue weighted by Gasteiger charge is -2.29. The number of carbonyl (C=O) groups excluding carboxylic acids is 2. The molecular formula is C24H26N6O2. The van der Waals surface area contributed by atoms with Crippen molar-refractivity contribution >= 4 is 34.7 Å². The van der Waals surface area contributed by atoms with E-state index in [0.717, 1.165) is 23.5 Å². The average Bonchev–Trinajstić information content (AvgIpc) is 2.83. The fourth-order valence-corrected chi connectivity index (χ4v) is 3.50. The van der Waals surface area contributed by atoms with Crippen molar-refractivity contribution in [3.63, 3.8) is 0 Å². The Morgan fingerprint density at radius 1 is 1.00 bits per heavy atom. The number of hydrogen-bond donors (Lipinski definition) is 4. The molecule has 0 radical (unpaired) electrons. The summed E-state index contributed by atoms with van der Waals surface area (Å²) in [7, 11) is 0. The van der Waals surface area contributed by atoms with E-state index in [1.54, 1.807) is 0 Å². The molecule has 0 spiro atoms. The highest BCUT2D eigenvalue weighted by molar-refractivity contribution is 6.03. The number of nitrogens with zero attached hydrogens (tertiary/aromatic N) is 2. The Bertz CT molecular complexity index is 1070. The number of hydrogen-bond acceptors (Lipinski definition) is 5. The molecule has 0 aliphatic carbocycles. The second kappa shape index (κ2) is 9.84. The van der Waals surface area contributed by atoms with E-state index in [9.17, 15) is 9.59 Å². The SMILES string of the molecule is NCc1cccc(NN(C(=O)Nc2ccc(N3CCNC(=O)C3)cc2)c2ccccc2)c1. The Balaban J connectivity index is 1.50. The zero-order valence-electron chi connectivity index (χ0n) is 17.6. The van der Waals surface area contributed by atoms with E-state index in [1.807, 2.05) is 83.8 Å². The van der Waals surface area contributed by atoms with Gasteiger partial charge in [-0.3, -0.25) is 10.2 Å². The lowest BCUT2D eigenvalue weighted by molar-refractivity contribution is -0.120. The number of urea groups is 1. The minimum Gasteiger partial charge on any atom is -0.360 e. The Morgan fingerprint density at radius 3 is 2.50 bits per heavy atom. The van der Waals surface area contributed by atoms with Crippen LogP contribution in [0.25, 0.3) is 0 Å². The number of amides is 3. The summed E-state index contributed by atoms with van der Waals surface area (Å²) >= 11 is 0. The lowest BCUT2D eigenvalue weighted by atomic mass is 10.2. The molecule has 0 aromatic heterocycles. The van der Waals surface area contributed by atoms with Crippen LogP contribution < -0.4 is 31.7 Å². The predicted molar refractivity (Wildman–Crippen MR) is 128 cm³/mol. The molecule has 5 N–H and O–H groups in total. The van der Waals surface area contributed by atoms with Crippen molar-refractivity contribution < 1.29 is 9.59 Å². The third-order valence-electron chi connectivity index (χ3n) is 5.14. The van der Waals surface area contributed by atoms with Crippen molar-refractivity contribution in [2.24, 2.45) is 5.73 Å². The standard InChI is InChI=1S/C24H26N6O2/c25-16-18-5-4-6-20(15-18)28-30(22-7-2-1-3-8-22)24(32)27-19-9-11-21(12-10-19)29-14-13-26-23(31)17-29/h1-12,15,28H,13-14,16-17,25H2,(H,26,31)(H,27,32). The maximum Gasteiger partial charge on any atom is 0.345 e. The van der Waals surface area contributed by atoms with Crippen molar-refractivity contribution in [3.05, 3.63) is 84.4 Å². The van der Waals surface area contributed by atoms with Crippen LogP contribution in [0, 0.1) is 0 Å². The second-order valence-corrected chi connectivity index (χ2v) is 7.44. The number of rotatable bonds is 6. The van der Waals surface area contributed by atoms with Gasteiger partial charge in [0.15, 0.2) is 0 Å². The predicted octanol–water partition coefficient (Wildman–Crippen LogP) is 3.15. The minimum absolute atomic E-state index is 0.0110. The zero-order valence-corrected chi connectivity index (χ0v) is 17.6. The van der Waals surface area contributed by atoms with E-state index in [0.29, 0.717) is 31.0 Å². The maximum absolute atomic E-state index is 13.2. The molecule has 1 aliphatic heterocycles. The van der Waals surface area contributed by atoms with Gasteiger partial charge >= 0.3 is 6.03 Å². The van der Waals surface area contributed by atoms with Crippen LogP contribution in [0.1, 0.15) is 5.56 Å². The third-order valence-corrected chi connectivity index (χ3v) is 5.14. The van der Waals surface area contributed by atoms with E-state index in [1.165, 1.54) is 5.01 Å². The summed E-state index contributed by atoms with van der Waals surface area (Å²) in [5, 5.41) is 7.20. The number of anilines is 4. The molecule has 0 bridgehead atoms. The first kappa shape index (κ1) is 21.2. The van der Waals surface area contributed by atoms with Crippen molar-refractivity contribution in [2.45, 2.75) is 6.54 Å². The van der Waals surface area contributed by atoms with Crippen LogP contribution in [0.2, 0.25) is 0 Å². The summed E-state index contributed by atoms with van der Waals surface area (Å²) in [5.41, 5.74) is 12.9. The zero-order chi connectivity index (χ0) is 22.3. The van der Waals surface area contributed by atoms with E-state index in [4.69, 9.17) is 5.73 Å². The van der Waals surface area contributed by atoms with Gasteiger partial charge in [-0.25, -0.2) is 9.80 Å². The molecule has 0 unspecified atom stereocenters. The van der Waals surface area contributed by atoms with Gasteiger partial charge in [-0.2, -0.15) is 0 Å². The average molecular weight is 431 g/mol. The van der Waals surface area contributed by atoms with Crippen LogP contribution >= 0.6 is 0 Å². The van der Waals surface area contributed by atoms with Crippen LogP contribution in [0.4, 0.5) is 27.5 Å². The summed E-state index contributed by atoms with van der Waals surface area (Å²) in [4.78, 5) is 26.8. The second-order valence-electron chi connectivity index (χ2n) is 7.44. The highest BCUT2D eigenvalue weighted by Crippen LogP contribution is 2.21. The topological polar surface area (TPSA) is 103 Å². The molecule has 1 aliphatic rings. The number of nitrogens with two attached hydrogens (primary N) is 1. The largest absolute Gasteiger partial charge is 0.360 e. The molecule has 32 heavy (non-hydrogen) atoms. The van der Waals surface area contributed by atoms with Crippen LogP contribution in [0.5, 0.6) is 0 Å². The van der Waals surface area contributed by atoms with E-state index in [2.05, 4.69) is 16.1 Å². The van der Waals surface area contributed by atoms with Crippen molar-refractivity contribution in [1.82, 2.24) is 5.32 Å². The summed E-state index contributed by atoms with van der Waals surface area (Å²) in [6.45, 7) is 2.13. The molecule has 0 atom stereocenters. The molecule has 1 saturated heterocycles. The Labute approximate surface area is 187 Å². The van der Waals surface area contributed by atoms with Crippen molar-refractivity contribution in [3.8, 4) is 0 Å². The summed E-state index contributed by atoms with van der Waals surface area (Å²) < 4.78 is 0. The van der Waals surface area contributed by atoms with E-state index >= 15 is 0 Å². The normalized spacial score (nSPS) is 13.3. The van der Waals surface area contributed by atoms with Gasteiger partial charge in [0.25, 0.3) is 0 Å². The molecule has 1 fully saturated rings. The molecule has 0 saturated carbocycles. The molecular weight excluding hydrogens is 404 g/mol. The third kappa shape index (κ3) is 5.16. The van der Waals surface area contributed by atoms with Gasteiger partial charge in [-0.1, -0.05) is 30.3 Å². The first-order chi connectivity index (χ1) is 15.6. The molecule has 8 heteroatoms. The van der Waals surface area contributed by atoms with Gasteiger partial charge in [-0.15, -0.1) is 0 Å². The first-order valence-corrected chi connectivity index (χ1v) is 10.5. The number of carbonyl (C=O) groups is 2. The van der Waals surface area contributed by atoms with Crippen LogP contribution in [-0.2, 0) is 11.3 Å². The van der Waals surface area contributed by atoms with Crippen LogP contribution in [0.15, 0.2) is 78.9 Å². The first-order valence-electron chi connectivity index (χ1n) is 10.5. The fraction of sp³-hybridized carbons (Fsp3) is 0.167.